The van der Waals surface area contributed by atoms with E-state index in [2.05, 4.69) is 0 Å². The predicted molar refractivity (Wildman–Crippen MR) is 75.8 cm³/mol. The Bertz CT molecular complexity index is 762. The van der Waals surface area contributed by atoms with Gasteiger partial charge in [-0.2, -0.15) is 5.26 Å². The van der Waals surface area contributed by atoms with Gasteiger partial charge in [0.25, 0.3) is 0 Å². The molecule has 0 atom stereocenters. The summed E-state index contributed by atoms with van der Waals surface area (Å²) in [6.07, 6.45) is 0. The summed E-state index contributed by atoms with van der Waals surface area (Å²) in [6.45, 7) is 0. The van der Waals surface area contributed by atoms with Gasteiger partial charge in [-0.15, -0.1) is 0 Å². The van der Waals surface area contributed by atoms with Crippen LogP contribution in [0.3, 0.4) is 0 Å². The molecule has 0 aliphatic rings. The molecule has 2 aromatic rings. The van der Waals surface area contributed by atoms with Crippen molar-refractivity contribution in [1.82, 2.24) is 0 Å². The summed E-state index contributed by atoms with van der Waals surface area (Å²) in [5, 5.41) is 19.6. The molecule has 0 aromatic heterocycles. The molecule has 0 amide bonds. The van der Waals surface area contributed by atoms with Gasteiger partial charge >= 0.3 is 11.7 Å². The largest absolute Gasteiger partial charge is 0.490 e. The van der Waals surface area contributed by atoms with Crippen molar-refractivity contribution in [2.75, 3.05) is 7.11 Å². The molecule has 0 radical (unpaired) electrons. The third kappa shape index (κ3) is 3.19. The Kier molecular flexibility index (Phi) is 4.34. The summed E-state index contributed by atoms with van der Waals surface area (Å²) in [5.74, 6) is -0.446. The van der Waals surface area contributed by atoms with Crippen molar-refractivity contribution in [3.05, 3.63) is 63.7 Å². The lowest BCUT2D eigenvalue weighted by atomic mass is 10.2. The van der Waals surface area contributed by atoms with E-state index in [0.717, 1.165) is 6.07 Å². The molecule has 0 heterocycles. The Morgan fingerprint density at radius 2 is 1.91 bits per heavy atom. The molecule has 0 aliphatic heterocycles. The minimum Gasteiger partial charge on any atom is -0.490 e. The fourth-order valence-corrected chi connectivity index (χ4v) is 1.72. The Hall–Kier alpha value is -3.40. The molecule has 0 bridgehead atoms. The van der Waals surface area contributed by atoms with Gasteiger partial charge in [-0.3, -0.25) is 10.1 Å². The van der Waals surface area contributed by atoms with Crippen molar-refractivity contribution in [1.29, 1.82) is 5.26 Å². The average Bonchev–Trinajstić information content (AvgIpc) is 2.54. The van der Waals surface area contributed by atoms with Crippen molar-refractivity contribution < 1.29 is 19.2 Å². The van der Waals surface area contributed by atoms with Crippen LogP contribution in [0.2, 0.25) is 0 Å². The highest BCUT2D eigenvalue weighted by atomic mass is 16.6. The lowest BCUT2D eigenvalue weighted by molar-refractivity contribution is -0.385. The molecule has 7 nitrogen and oxygen atoms in total. The number of nitro groups is 1. The van der Waals surface area contributed by atoms with Gasteiger partial charge in [0.2, 0.25) is 0 Å². The highest BCUT2D eigenvalue weighted by Gasteiger charge is 2.19. The first-order chi connectivity index (χ1) is 10.5. The van der Waals surface area contributed by atoms with E-state index in [0.29, 0.717) is 5.56 Å². The highest BCUT2D eigenvalue weighted by molar-refractivity contribution is 5.92. The summed E-state index contributed by atoms with van der Waals surface area (Å²) >= 11 is 0. The fraction of sp³-hybridized carbons (Fsp3) is 0.0667. The topological polar surface area (TPSA) is 102 Å². The van der Waals surface area contributed by atoms with E-state index in [1.165, 1.54) is 43.5 Å². The first-order valence-electron chi connectivity index (χ1n) is 6.10. The van der Waals surface area contributed by atoms with Gasteiger partial charge in [-0.05, 0) is 36.4 Å². The van der Waals surface area contributed by atoms with E-state index in [-0.39, 0.29) is 22.7 Å². The van der Waals surface area contributed by atoms with E-state index in [9.17, 15) is 14.9 Å². The van der Waals surface area contributed by atoms with Crippen molar-refractivity contribution in [2.45, 2.75) is 0 Å². The van der Waals surface area contributed by atoms with Crippen LogP contribution in [0, 0.1) is 21.4 Å². The van der Waals surface area contributed by atoms with Crippen molar-refractivity contribution in [3.63, 3.8) is 0 Å². The number of nitriles is 1. The Morgan fingerprint density at radius 3 is 2.45 bits per heavy atom. The zero-order valence-corrected chi connectivity index (χ0v) is 11.5. The van der Waals surface area contributed by atoms with Crippen molar-refractivity contribution in [2.24, 2.45) is 0 Å². The molecule has 0 fully saturated rings. The molecule has 110 valence electrons. The first-order valence-corrected chi connectivity index (χ1v) is 6.10. The van der Waals surface area contributed by atoms with Crippen LogP contribution in [0.1, 0.15) is 15.9 Å². The number of methoxy groups -OCH3 is 1. The SMILES string of the molecule is COc1ccc(C(=O)Oc2ccc(C#N)cc2)cc1[N+](=O)[O-]. The van der Waals surface area contributed by atoms with E-state index in [4.69, 9.17) is 14.7 Å². The zero-order valence-electron chi connectivity index (χ0n) is 11.5. The number of hydrogen-bond donors (Lipinski definition) is 0. The van der Waals surface area contributed by atoms with Crippen molar-refractivity contribution in [3.8, 4) is 17.6 Å². The van der Waals surface area contributed by atoms with Crippen LogP contribution in [0.5, 0.6) is 11.5 Å². The number of nitro benzene ring substituents is 1. The average molecular weight is 298 g/mol. The smallest absolute Gasteiger partial charge is 0.343 e. The molecule has 0 aliphatic carbocycles. The van der Waals surface area contributed by atoms with Crippen LogP contribution in [-0.4, -0.2) is 18.0 Å². The molecule has 0 spiro atoms. The van der Waals surface area contributed by atoms with Gasteiger partial charge in [0, 0.05) is 6.07 Å². The van der Waals surface area contributed by atoms with E-state index >= 15 is 0 Å². The highest BCUT2D eigenvalue weighted by Crippen LogP contribution is 2.28. The maximum Gasteiger partial charge on any atom is 0.343 e. The van der Waals surface area contributed by atoms with Gasteiger partial charge in [0.05, 0.1) is 29.2 Å². The van der Waals surface area contributed by atoms with Crippen LogP contribution in [0.15, 0.2) is 42.5 Å². The second-order valence-electron chi connectivity index (χ2n) is 4.17. The van der Waals surface area contributed by atoms with Crippen LogP contribution in [0.4, 0.5) is 5.69 Å². The Balaban J connectivity index is 2.23. The van der Waals surface area contributed by atoms with Crippen LogP contribution < -0.4 is 9.47 Å². The lowest BCUT2D eigenvalue weighted by Gasteiger charge is -2.06. The zero-order chi connectivity index (χ0) is 16.1. The minimum atomic E-state index is -0.740. The van der Waals surface area contributed by atoms with E-state index < -0.39 is 10.9 Å². The molecule has 0 unspecified atom stereocenters. The Labute approximate surface area is 125 Å². The van der Waals surface area contributed by atoms with Crippen LogP contribution in [0.25, 0.3) is 0 Å². The number of ether oxygens (including phenoxy) is 2. The molecule has 7 heteroatoms. The third-order valence-electron chi connectivity index (χ3n) is 2.81. The second-order valence-corrected chi connectivity index (χ2v) is 4.17. The maximum absolute atomic E-state index is 12.0. The molecular weight excluding hydrogens is 288 g/mol. The number of nitrogens with zero attached hydrogens (tertiary/aromatic N) is 2. The van der Waals surface area contributed by atoms with Gasteiger partial charge < -0.3 is 9.47 Å². The quantitative estimate of drug-likeness (QED) is 0.372. The monoisotopic (exact) mass is 298 g/mol. The van der Waals surface area contributed by atoms with Gasteiger partial charge in [-0.25, -0.2) is 4.79 Å². The third-order valence-corrected chi connectivity index (χ3v) is 2.81. The van der Waals surface area contributed by atoms with E-state index in [1.807, 2.05) is 6.07 Å². The number of rotatable bonds is 4. The fourth-order valence-electron chi connectivity index (χ4n) is 1.72. The molecule has 2 aromatic carbocycles. The number of carbonyl (C=O) groups is 1. The summed E-state index contributed by atoms with van der Waals surface area (Å²) in [4.78, 5) is 22.3. The summed E-state index contributed by atoms with van der Waals surface area (Å²) in [7, 11) is 1.30. The molecular formula is C15H10N2O5. The summed E-state index contributed by atoms with van der Waals surface area (Å²) in [6, 6.07) is 11.7. The lowest BCUT2D eigenvalue weighted by Crippen LogP contribution is -2.09. The van der Waals surface area contributed by atoms with Crippen LogP contribution >= 0.6 is 0 Å². The first kappa shape index (κ1) is 15.0. The van der Waals surface area contributed by atoms with Gasteiger partial charge in [0.1, 0.15) is 5.75 Å². The number of carbonyl (C=O) groups excluding carboxylic acids is 1. The normalized spacial score (nSPS) is 9.64. The van der Waals surface area contributed by atoms with Gasteiger partial charge in [0.15, 0.2) is 5.75 Å². The molecule has 2 rings (SSSR count). The number of benzene rings is 2. The van der Waals surface area contributed by atoms with Crippen molar-refractivity contribution >= 4 is 11.7 Å². The molecule has 0 saturated heterocycles. The van der Waals surface area contributed by atoms with Gasteiger partial charge in [-0.1, -0.05) is 0 Å². The minimum absolute atomic E-state index is 0.0249. The Morgan fingerprint density at radius 1 is 1.23 bits per heavy atom. The van der Waals surface area contributed by atoms with E-state index in [1.54, 1.807) is 0 Å². The van der Waals surface area contributed by atoms with Crippen LogP contribution in [-0.2, 0) is 0 Å². The summed E-state index contributed by atoms with van der Waals surface area (Å²) < 4.78 is 9.96. The molecule has 0 saturated carbocycles. The summed E-state index contributed by atoms with van der Waals surface area (Å²) in [5.41, 5.74) is 0.133. The predicted octanol–water partition coefficient (Wildman–Crippen LogP) is 2.69. The molecule has 22 heavy (non-hydrogen) atoms. The second kappa shape index (κ2) is 6.37. The standard InChI is InChI=1S/C15H10N2O5/c1-21-14-7-4-11(8-13(14)17(19)20)15(18)22-12-5-2-10(9-16)3-6-12/h2-8H,1H3. The maximum atomic E-state index is 12.0. The molecule has 0 N–H and O–H groups in total. The number of esters is 1. The number of hydrogen-bond acceptors (Lipinski definition) is 6.